The monoisotopic (exact) mass is 293 g/mol. The van der Waals surface area contributed by atoms with Crippen LogP contribution in [0.5, 0.6) is 11.5 Å². The number of methoxy groups -OCH3 is 1. The number of amides is 1. The van der Waals surface area contributed by atoms with Gasteiger partial charge in [0.25, 0.3) is 0 Å². The SMILES string of the molecule is COc1cc(/C=C(\NC(C)=O)C(=O)O)ccc1OC(C)=O. The Hall–Kier alpha value is -2.83. The van der Waals surface area contributed by atoms with Crippen molar-refractivity contribution < 1.29 is 29.0 Å². The van der Waals surface area contributed by atoms with E-state index < -0.39 is 17.8 Å². The molecule has 0 aromatic heterocycles. The maximum Gasteiger partial charge on any atom is 0.352 e. The van der Waals surface area contributed by atoms with Crippen molar-refractivity contribution in [3.8, 4) is 11.5 Å². The first-order valence-corrected chi connectivity index (χ1v) is 5.92. The lowest BCUT2D eigenvalue weighted by molar-refractivity contribution is -0.134. The molecule has 1 rings (SSSR count). The number of esters is 1. The maximum absolute atomic E-state index is 11.0. The zero-order valence-corrected chi connectivity index (χ0v) is 11.8. The first-order chi connectivity index (χ1) is 9.83. The predicted molar refractivity (Wildman–Crippen MR) is 73.7 cm³/mol. The van der Waals surface area contributed by atoms with Gasteiger partial charge in [-0.1, -0.05) is 6.07 Å². The van der Waals surface area contributed by atoms with E-state index in [0.717, 1.165) is 0 Å². The molecule has 0 aliphatic carbocycles. The quantitative estimate of drug-likeness (QED) is 0.480. The standard InChI is InChI=1S/C14H15NO6/c1-8(16)15-11(14(18)19)6-10-4-5-12(21-9(2)17)13(7-10)20-3/h4-7H,1-3H3,(H,15,16)(H,18,19)/b11-6-. The van der Waals surface area contributed by atoms with Crippen molar-refractivity contribution in [2.24, 2.45) is 0 Å². The number of rotatable bonds is 5. The number of carboxylic acid groups (broad SMARTS) is 1. The van der Waals surface area contributed by atoms with Gasteiger partial charge < -0.3 is 19.9 Å². The molecule has 1 aromatic rings. The zero-order chi connectivity index (χ0) is 16.0. The molecule has 0 saturated heterocycles. The van der Waals surface area contributed by atoms with E-state index in [1.807, 2.05) is 0 Å². The summed E-state index contributed by atoms with van der Waals surface area (Å²) in [5.74, 6) is -1.77. The van der Waals surface area contributed by atoms with Crippen LogP contribution in [-0.4, -0.2) is 30.1 Å². The Balaban J connectivity index is 3.15. The van der Waals surface area contributed by atoms with E-state index in [0.29, 0.717) is 5.56 Å². The van der Waals surface area contributed by atoms with Gasteiger partial charge in [0, 0.05) is 13.8 Å². The highest BCUT2D eigenvalue weighted by atomic mass is 16.6. The molecule has 0 radical (unpaired) electrons. The minimum Gasteiger partial charge on any atom is -0.493 e. The Morgan fingerprint density at radius 1 is 1.19 bits per heavy atom. The van der Waals surface area contributed by atoms with Gasteiger partial charge in [-0.2, -0.15) is 0 Å². The van der Waals surface area contributed by atoms with Crippen molar-refractivity contribution in [2.45, 2.75) is 13.8 Å². The average molecular weight is 293 g/mol. The number of hydrogen-bond donors (Lipinski definition) is 2. The predicted octanol–water partition coefficient (Wildman–Crippen LogP) is 1.18. The van der Waals surface area contributed by atoms with Crippen LogP contribution in [-0.2, 0) is 14.4 Å². The largest absolute Gasteiger partial charge is 0.493 e. The number of carbonyl (C=O) groups is 3. The molecule has 1 amide bonds. The Bertz CT molecular complexity index is 605. The van der Waals surface area contributed by atoms with Gasteiger partial charge >= 0.3 is 11.9 Å². The smallest absolute Gasteiger partial charge is 0.352 e. The van der Waals surface area contributed by atoms with Gasteiger partial charge in [0.2, 0.25) is 5.91 Å². The van der Waals surface area contributed by atoms with Gasteiger partial charge in [-0.3, -0.25) is 9.59 Å². The Morgan fingerprint density at radius 3 is 2.33 bits per heavy atom. The van der Waals surface area contributed by atoms with E-state index >= 15 is 0 Å². The molecule has 0 saturated carbocycles. The van der Waals surface area contributed by atoms with Crippen molar-refractivity contribution in [1.82, 2.24) is 5.32 Å². The lowest BCUT2D eigenvalue weighted by Gasteiger charge is -2.09. The van der Waals surface area contributed by atoms with Crippen molar-refractivity contribution >= 4 is 23.9 Å². The summed E-state index contributed by atoms with van der Waals surface area (Å²) in [6, 6.07) is 4.49. The molecule has 1 aromatic carbocycles. The fourth-order valence-electron chi connectivity index (χ4n) is 1.52. The van der Waals surface area contributed by atoms with Gasteiger partial charge in [-0.15, -0.1) is 0 Å². The van der Waals surface area contributed by atoms with Crippen LogP contribution in [0.15, 0.2) is 23.9 Å². The van der Waals surface area contributed by atoms with Gasteiger partial charge in [-0.05, 0) is 23.8 Å². The molecule has 21 heavy (non-hydrogen) atoms. The fraction of sp³-hybridized carbons (Fsp3) is 0.214. The molecular formula is C14H15NO6. The Morgan fingerprint density at radius 2 is 1.86 bits per heavy atom. The number of aliphatic carboxylic acids is 1. The minimum atomic E-state index is -1.27. The van der Waals surface area contributed by atoms with Crippen LogP contribution in [0.25, 0.3) is 6.08 Å². The van der Waals surface area contributed by atoms with E-state index in [1.165, 1.54) is 45.2 Å². The van der Waals surface area contributed by atoms with E-state index in [2.05, 4.69) is 5.32 Å². The summed E-state index contributed by atoms with van der Waals surface area (Å²) in [6.45, 7) is 2.47. The molecule has 0 aliphatic rings. The Kier molecular flexibility index (Phi) is 5.48. The number of benzene rings is 1. The molecule has 0 atom stereocenters. The lowest BCUT2D eigenvalue weighted by Crippen LogP contribution is -2.24. The molecule has 112 valence electrons. The second-order valence-corrected chi connectivity index (χ2v) is 4.05. The Labute approximate surface area is 121 Å². The van der Waals surface area contributed by atoms with Crippen LogP contribution < -0.4 is 14.8 Å². The van der Waals surface area contributed by atoms with E-state index in [9.17, 15) is 14.4 Å². The first-order valence-electron chi connectivity index (χ1n) is 5.92. The van der Waals surface area contributed by atoms with E-state index in [-0.39, 0.29) is 17.2 Å². The van der Waals surface area contributed by atoms with Crippen LogP contribution in [0, 0.1) is 0 Å². The van der Waals surface area contributed by atoms with Gasteiger partial charge in [0.15, 0.2) is 11.5 Å². The number of carbonyl (C=O) groups excluding carboxylic acids is 2. The van der Waals surface area contributed by atoms with Crippen molar-refractivity contribution in [3.05, 3.63) is 29.5 Å². The normalized spacial score (nSPS) is 10.7. The number of carboxylic acids is 1. The topological polar surface area (TPSA) is 102 Å². The zero-order valence-electron chi connectivity index (χ0n) is 11.8. The molecule has 0 heterocycles. The first kappa shape index (κ1) is 16.2. The molecule has 0 spiro atoms. The molecule has 0 aliphatic heterocycles. The number of nitrogens with one attached hydrogen (secondary N) is 1. The summed E-state index contributed by atoms with van der Waals surface area (Å²) in [6.07, 6.45) is 1.27. The van der Waals surface area contributed by atoms with Crippen LogP contribution in [0.3, 0.4) is 0 Å². The van der Waals surface area contributed by atoms with Crippen molar-refractivity contribution in [2.75, 3.05) is 7.11 Å². The highest BCUT2D eigenvalue weighted by Gasteiger charge is 2.11. The van der Waals surface area contributed by atoms with E-state index in [4.69, 9.17) is 14.6 Å². The molecule has 2 N–H and O–H groups in total. The van der Waals surface area contributed by atoms with Crippen LogP contribution in [0.4, 0.5) is 0 Å². The summed E-state index contributed by atoms with van der Waals surface area (Å²) < 4.78 is 10.0. The van der Waals surface area contributed by atoms with Crippen molar-refractivity contribution in [3.63, 3.8) is 0 Å². The van der Waals surface area contributed by atoms with Crippen molar-refractivity contribution in [1.29, 1.82) is 0 Å². The molecule has 7 nitrogen and oxygen atoms in total. The highest BCUT2D eigenvalue weighted by Crippen LogP contribution is 2.28. The summed E-state index contributed by atoms with van der Waals surface area (Å²) in [7, 11) is 1.39. The third-order valence-electron chi connectivity index (χ3n) is 2.29. The number of ether oxygens (including phenoxy) is 2. The number of hydrogen-bond acceptors (Lipinski definition) is 5. The maximum atomic E-state index is 11.0. The highest BCUT2D eigenvalue weighted by molar-refractivity contribution is 5.96. The minimum absolute atomic E-state index is 0.221. The lowest BCUT2D eigenvalue weighted by atomic mass is 10.1. The van der Waals surface area contributed by atoms with Crippen LogP contribution >= 0.6 is 0 Å². The summed E-state index contributed by atoms with van der Waals surface area (Å²) in [5, 5.41) is 11.2. The second kappa shape index (κ2) is 7.09. The molecule has 0 bridgehead atoms. The third-order valence-corrected chi connectivity index (χ3v) is 2.29. The van der Waals surface area contributed by atoms with Crippen LogP contribution in [0.2, 0.25) is 0 Å². The summed E-state index contributed by atoms with van der Waals surface area (Å²) in [5.41, 5.74) is 0.193. The van der Waals surface area contributed by atoms with Gasteiger partial charge in [-0.25, -0.2) is 4.79 Å². The summed E-state index contributed by atoms with van der Waals surface area (Å²) >= 11 is 0. The average Bonchev–Trinajstić information content (AvgIpc) is 2.38. The summed E-state index contributed by atoms with van der Waals surface area (Å²) in [4.78, 5) is 32.9. The molecule has 0 fully saturated rings. The van der Waals surface area contributed by atoms with Crippen LogP contribution in [0.1, 0.15) is 19.4 Å². The molecule has 0 unspecified atom stereocenters. The fourth-order valence-corrected chi connectivity index (χ4v) is 1.52. The van der Waals surface area contributed by atoms with E-state index in [1.54, 1.807) is 0 Å². The van der Waals surface area contributed by atoms with Gasteiger partial charge in [0.1, 0.15) is 5.70 Å². The third kappa shape index (κ3) is 4.98. The molecular weight excluding hydrogens is 278 g/mol. The van der Waals surface area contributed by atoms with Gasteiger partial charge in [0.05, 0.1) is 7.11 Å². The molecule has 7 heteroatoms. The second-order valence-electron chi connectivity index (χ2n) is 4.05.